The number of carbonyl (C=O) groups excluding carboxylic acids is 1. The summed E-state index contributed by atoms with van der Waals surface area (Å²) in [6, 6.07) is 4.89. The summed E-state index contributed by atoms with van der Waals surface area (Å²) in [5.74, 6) is 0.115. The molecular formula is C14H17N3O3. The molecule has 1 aromatic carbocycles. The summed E-state index contributed by atoms with van der Waals surface area (Å²) in [5.41, 5.74) is 7.46. The number of benzene rings is 1. The fourth-order valence-electron chi connectivity index (χ4n) is 1.78. The number of nitrogens with zero attached hydrogens (tertiary/aromatic N) is 2. The van der Waals surface area contributed by atoms with E-state index in [1.807, 2.05) is 13.2 Å². The van der Waals surface area contributed by atoms with E-state index in [4.69, 9.17) is 15.2 Å². The van der Waals surface area contributed by atoms with E-state index in [0.717, 1.165) is 5.56 Å². The van der Waals surface area contributed by atoms with Gasteiger partial charge in [-0.25, -0.2) is 4.79 Å². The highest BCUT2D eigenvalue weighted by atomic mass is 16.5. The molecule has 0 saturated carbocycles. The van der Waals surface area contributed by atoms with Gasteiger partial charge in [-0.3, -0.25) is 4.68 Å². The number of esters is 1. The van der Waals surface area contributed by atoms with E-state index < -0.39 is 5.97 Å². The lowest BCUT2D eigenvalue weighted by Crippen LogP contribution is -2.10. The highest BCUT2D eigenvalue weighted by Gasteiger charge is 2.12. The Hall–Kier alpha value is -2.50. The van der Waals surface area contributed by atoms with Crippen LogP contribution in [0.25, 0.3) is 0 Å². The maximum atomic E-state index is 12.0. The van der Waals surface area contributed by atoms with Crippen molar-refractivity contribution in [3.63, 3.8) is 0 Å². The maximum absolute atomic E-state index is 12.0. The van der Waals surface area contributed by atoms with E-state index in [2.05, 4.69) is 5.10 Å². The lowest BCUT2D eigenvalue weighted by molar-refractivity contribution is 0.0510. The van der Waals surface area contributed by atoms with E-state index in [9.17, 15) is 4.79 Å². The molecule has 1 heterocycles. The first-order valence-electron chi connectivity index (χ1n) is 6.18. The maximum Gasteiger partial charge on any atom is 0.340 e. The van der Waals surface area contributed by atoms with Gasteiger partial charge in [-0.05, 0) is 23.8 Å². The molecule has 6 heteroatoms. The van der Waals surface area contributed by atoms with Crippen LogP contribution in [0.3, 0.4) is 0 Å². The van der Waals surface area contributed by atoms with Crippen molar-refractivity contribution in [2.75, 3.05) is 19.5 Å². The van der Waals surface area contributed by atoms with Crippen LogP contribution in [-0.2, 0) is 18.2 Å². The minimum atomic E-state index is -0.453. The lowest BCUT2D eigenvalue weighted by Gasteiger charge is -2.08. The molecule has 6 nitrogen and oxygen atoms in total. The van der Waals surface area contributed by atoms with Crippen molar-refractivity contribution >= 4 is 11.7 Å². The third kappa shape index (κ3) is 3.28. The molecule has 106 valence electrons. The zero-order valence-corrected chi connectivity index (χ0v) is 11.5. The number of rotatable bonds is 5. The molecule has 1 aromatic heterocycles. The van der Waals surface area contributed by atoms with Gasteiger partial charge in [-0.2, -0.15) is 5.10 Å². The fraction of sp³-hybridized carbons (Fsp3) is 0.286. The second kappa shape index (κ2) is 6.10. The van der Waals surface area contributed by atoms with Gasteiger partial charge in [-0.15, -0.1) is 0 Å². The average molecular weight is 275 g/mol. The highest BCUT2D eigenvalue weighted by molar-refractivity contribution is 5.95. The van der Waals surface area contributed by atoms with Gasteiger partial charge in [0.1, 0.15) is 5.75 Å². The predicted octanol–water partition coefficient (Wildman–Crippen LogP) is 1.41. The number of anilines is 1. The molecule has 0 amide bonds. The van der Waals surface area contributed by atoms with Gasteiger partial charge in [0, 0.05) is 25.4 Å². The van der Waals surface area contributed by atoms with Gasteiger partial charge >= 0.3 is 5.97 Å². The van der Waals surface area contributed by atoms with Gasteiger partial charge in [-0.1, -0.05) is 0 Å². The van der Waals surface area contributed by atoms with Crippen LogP contribution in [0.5, 0.6) is 5.75 Å². The van der Waals surface area contributed by atoms with Gasteiger partial charge in [0.25, 0.3) is 0 Å². The summed E-state index contributed by atoms with van der Waals surface area (Å²) in [5, 5.41) is 4.05. The van der Waals surface area contributed by atoms with Crippen LogP contribution in [0, 0.1) is 0 Å². The van der Waals surface area contributed by atoms with Crippen LogP contribution < -0.4 is 10.5 Å². The molecule has 0 bridgehead atoms. The number of aromatic nitrogens is 2. The lowest BCUT2D eigenvalue weighted by atomic mass is 10.1. The summed E-state index contributed by atoms with van der Waals surface area (Å²) >= 11 is 0. The Balaban J connectivity index is 1.94. The third-order valence-corrected chi connectivity index (χ3v) is 2.86. The summed E-state index contributed by atoms with van der Waals surface area (Å²) in [6.07, 6.45) is 4.24. The van der Waals surface area contributed by atoms with Crippen LogP contribution in [0.1, 0.15) is 15.9 Å². The van der Waals surface area contributed by atoms with Crippen molar-refractivity contribution in [2.45, 2.75) is 6.42 Å². The van der Waals surface area contributed by atoms with Crippen molar-refractivity contribution in [2.24, 2.45) is 7.05 Å². The van der Waals surface area contributed by atoms with Crippen molar-refractivity contribution in [3.05, 3.63) is 41.7 Å². The number of methoxy groups -OCH3 is 1. The molecule has 0 atom stereocenters. The number of nitrogens with two attached hydrogens (primary N) is 1. The van der Waals surface area contributed by atoms with Gasteiger partial charge < -0.3 is 15.2 Å². The Morgan fingerprint density at radius 2 is 2.25 bits per heavy atom. The van der Waals surface area contributed by atoms with Gasteiger partial charge in [0.2, 0.25) is 0 Å². The van der Waals surface area contributed by atoms with Crippen molar-refractivity contribution in [1.82, 2.24) is 9.78 Å². The third-order valence-electron chi connectivity index (χ3n) is 2.86. The Labute approximate surface area is 117 Å². The number of hydrogen-bond acceptors (Lipinski definition) is 5. The number of carbonyl (C=O) groups is 1. The monoisotopic (exact) mass is 275 g/mol. The van der Waals surface area contributed by atoms with E-state index in [1.54, 1.807) is 29.1 Å². The molecule has 0 spiro atoms. The van der Waals surface area contributed by atoms with Gasteiger partial charge in [0.15, 0.2) is 0 Å². The second-order valence-electron chi connectivity index (χ2n) is 4.36. The molecule has 0 aliphatic rings. The molecular weight excluding hydrogens is 258 g/mol. The minimum Gasteiger partial charge on any atom is -0.497 e. The highest BCUT2D eigenvalue weighted by Crippen LogP contribution is 2.20. The molecule has 2 rings (SSSR count). The molecule has 0 aliphatic heterocycles. The molecule has 2 N–H and O–H groups in total. The van der Waals surface area contributed by atoms with E-state index >= 15 is 0 Å². The van der Waals surface area contributed by atoms with Crippen LogP contribution >= 0.6 is 0 Å². The SMILES string of the molecule is COc1ccc(N)c(C(=O)OCCc2cnn(C)c2)c1. The smallest absolute Gasteiger partial charge is 0.340 e. The van der Waals surface area contributed by atoms with E-state index in [1.165, 1.54) is 7.11 Å². The predicted molar refractivity (Wildman–Crippen MR) is 74.6 cm³/mol. The number of hydrogen-bond donors (Lipinski definition) is 1. The molecule has 0 aliphatic carbocycles. The van der Waals surface area contributed by atoms with E-state index in [0.29, 0.717) is 23.4 Å². The first kappa shape index (κ1) is 13.9. The molecule has 0 unspecified atom stereocenters. The number of aryl methyl sites for hydroxylation is 1. The van der Waals surface area contributed by atoms with Gasteiger partial charge in [0.05, 0.1) is 25.5 Å². The minimum absolute atomic E-state index is 0.279. The summed E-state index contributed by atoms with van der Waals surface area (Å²) in [6.45, 7) is 0.279. The zero-order chi connectivity index (χ0) is 14.5. The normalized spacial score (nSPS) is 10.3. The molecule has 0 saturated heterocycles. The Kier molecular flexibility index (Phi) is 4.24. The molecule has 20 heavy (non-hydrogen) atoms. The fourth-order valence-corrected chi connectivity index (χ4v) is 1.78. The van der Waals surface area contributed by atoms with Crippen LogP contribution in [0.15, 0.2) is 30.6 Å². The zero-order valence-electron chi connectivity index (χ0n) is 11.5. The summed E-state index contributed by atoms with van der Waals surface area (Å²) in [7, 11) is 3.37. The van der Waals surface area contributed by atoms with Crippen molar-refractivity contribution in [3.8, 4) is 5.75 Å². The van der Waals surface area contributed by atoms with Crippen molar-refractivity contribution < 1.29 is 14.3 Å². The topological polar surface area (TPSA) is 79.4 Å². The summed E-state index contributed by atoms with van der Waals surface area (Å²) in [4.78, 5) is 12.0. The Bertz CT molecular complexity index is 607. The van der Waals surface area contributed by atoms with Crippen LogP contribution in [-0.4, -0.2) is 29.5 Å². The molecule has 2 aromatic rings. The van der Waals surface area contributed by atoms with Crippen LogP contribution in [0.2, 0.25) is 0 Å². The van der Waals surface area contributed by atoms with Crippen molar-refractivity contribution in [1.29, 1.82) is 0 Å². The average Bonchev–Trinajstić information content (AvgIpc) is 2.85. The van der Waals surface area contributed by atoms with Crippen LogP contribution in [0.4, 0.5) is 5.69 Å². The molecule has 0 radical (unpaired) electrons. The standard InChI is InChI=1S/C14H17N3O3/c1-17-9-10(8-16-17)5-6-20-14(18)12-7-11(19-2)3-4-13(12)15/h3-4,7-9H,5-6,15H2,1-2H3. The molecule has 0 fully saturated rings. The number of ether oxygens (including phenoxy) is 2. The quantitative estimate of drug-likeness (QED) is 0.659. The summed E-state index contributed by atoms with van der Waals surface area (Å²) < 4.78 is 12.0. The first-order chi connectivity index (χ1) is 9.60. The second-order valence-corrected chi connectivity index (χ2v) is 4.36. The first-order valence-corrected chi connectivity index (χ1v) is 6.18. The largest absolute Gasteiger partial charge is 0.497 e. The Morgan fingerprint density at radius 3 is 2.90 bits per heavy atom. The van der Waals surface area contributed by atoms with E-state index in [-0.39, 0.29) is 6.61 Å². The number of nitrogen functional groups attached to an aromatic ring is 1. The Morgan fingerprint density at radius 1 is 1.45 bits per heavy atom.